The Labute approximate surface area is 182 Å². The molecule has 160 valence electrons. The predicted octanol–water partition coefficient (Wildman–Crippen LogP) is 4.06. The minimum atomic E-state index is -0.101. The van der Waals surface area contributed by atoms with Gasteiger partial charge >= 0.3 is 0 Å². The lowest BCUT2D eigenvalue weighted by molar-refractivity contribution is -0.133. The summed E-state index contributed by atoms with van der Waals surface area (Å²) in [4.78, 5) is 36.4. The Morgan fingerprint density at radius 3 is 2.61 bits per heavy atom. The van der Waals surface area contributed by atoms with E-state index in [0.717, 1.165) is 35.0 Å². The van der Waals surface area contributed by atoms with Gasteiger partial charge in [-0.25, -0.2) is 4.98 Å². The highest BCUT2D eigenvalue weighted by atomic mass is 16.2. The molecule has 0 unspecified atom stereocenters. The summed E-state index contributed by atoms with van der Waals surface area (Å²) >= 11 is 0. The van der Waals surface area contributed by atoms with E-state index in [-0.39, 0.29) is 17.9 Å². The average Bonchev–Trinajstić information content (AvgIpc) is 2.79. The zero-order chi connectivity index (χ0) is 21.8. The third-order valence-electron chi connectivity index (χ3n) is 5.68. The number of benzene rings is 1. The first-order chi connectivity index (χ1) is 15.0. The van der Waals surface area contributed by atoms with Crippen molar-refractivity contribution >= 4 is 22.7 Å². The predicted molar refractivity (Wildman–Crippen MR) is 121 cm³/mol. The van der Waals surface area contributed by atoms with Crippen molar-refractivity contribution in [2.75, 3.05) is 13.1 Å². The summed E-state index contributed by atoms with van der Waals surface area (Å²) in [5, 5.41) is 4.02. The zero-order valence-corrected chi connectivity index (χ0v) is 18.0. The number of para-hydroxylation sites is 1. The summed E-state index contributed by atoms with van der Waals surface area (Å²) in [7, 11) is 0. The highest BCUT2D eigenvalue weighted by molar-refractivity contribution is 6.07. The van der Waals surface area contributed by atoms with Crippen molar-refractivity contribution in [1.82, 2.24) is 20.2 Å². The van der Waals surface area contributed by atoms with Crippen LogP contribution in [0.4, 0.5) is 0 Å². The van der Waals surface area contributed by atoms with E-state index in [2.05, 4.69) is 24.1 Å². The number of nitrogens with zero attached hydrogens (tertiary/aromatic N) is 3. The highest BCUT2D eigenvalue weighted by Gasteiger charge is 2.25. The second-order valence-electron chi connectivity index (χ2n) is 8.54. The number of hydrogen-bond donors (Lipinski definition) is 1. The minimum Gasteiger partial charge on any atom is -0.349 e. The molecule has 4 rings (SSSR count). The van der Waals surface area contributed by atoms with E-state index in [4.69, 9.17) is 4.98 Å². The van der Waals surface area contributed by atoms with Crippen LogP contribution in [0.5, 0.6) is 0 Å². The molecule has 0 spiro atoms. The van der Waals surface area contributed by atoms with Crippen LogP contribution < -0.4 is 5.32 Å². The van der Waals surface area contributed by atoms with Crippen molar-refractivity contribution in [2.45, 2.75) is 39.2 Å². The zero-order valence-electron chi connectivity index (χ0n) is 18.0. The molecule has 0 saturated carbocycles. The van der Waals surface area contributed by atoms with Crippen LogP contribution in [0.2, 0.25) is 0 Å². The van der Waals surface area contributed by atoms with Gasteiger partial charge in [-0.15, -0.1) is 0 Å². The molecule has 0 aliphatic carbocycles. The number of carbonyl (C=O) groups excluding carboxylic acids is 2. The third-order valence-corrected chi connectivity index (χ3v) is 5.68. The summed E-state index contributed by atoms with van der Waals surface area (Å²) in [5.74, 6) is 0.468. The smallest absolute Gasteiger partial charge is 0.252 e. The molecule has 2 amide bonds. The van der Waals surface area contributed by atoms with Crippen LogP contribution in [0.25, 0.3) is 22.2 Å². The molecule has 6 nitrogen and oxygen atoms in total. The second-order valence-corrected chi connectivity index (χ2v) is 8.54. The van der Waals surface area contributed by atoms with E-state index < -0.39 is 0 Å². The van der Waals surface area contributed by atoms with Gasteiger partial charge < -0.3 is 10.2 Å². The lowest BCUT2D eigenvalue weighted by Crippen LogP contribution is -2.46. The van der Waals surface area contributed by atoms with Gasteiger partial charge in [0.15, 0.2) is 0 Å². The molecule has 2 aromatic heterocycles. The SMILES string of the molecule is CC(C)CC(=O)N1CCC(NC(=O)c2cc(-c3cccnc3)nc3ccccc23)CC1. The van der Waals surface area contributed by atoms with Gasteiger partial charge in [-0.1, -0.05) is 32.0 Å². The number of nitrogens with one attached hydrogen (secondary N) is 1. The van der Waals surface area contributed by atoms with E-state index in [1.54, 1.807) is 12.4 Å². The number of rotatable bonds is 5. The molecule has 1 aliphatic heterocycles. The number of amides is 2. The van der Waals surface area contributed by atoms with E-state index in [9.17, 15) is 9.59 Å². The van der Waals surface area contributed by atoms with Crippen molar-refractivity contribution in [2.24, 2.45) is 5.92 Å². The standard InChI is InChI=1S/C25H28N4O2/c1-17(2)14-24(30)29-12-9-19(10-13-29)27-25(31)21-15-23(18-6-5-11-26-16-18)28-22-8-4-3-7-20(21)22/h3-8,11,15-17,19H,9-10,12-14H2,1-2H3,(H,27,31). The van der Waals surface area contributed by atoms with Crippen LogP contribution in [0.3, 0.4) is 0 Å². The molecule has 0 atom stereocenters. The molecular formula is C25H28N4O2. The fraction of sp³-hybridized carbons (Fsp3) is 0.360. The van der Waals surface area contributed by atoms with Crippen LogP contribution in [-0.2, 0) is 4.79 Å². The van der Waals surface area contributed by atoms with Gasteiger partial charge in [-0.2, -0.15) is 0 Å². The van der Waals surface area contributed by atoms with Crippen LogP contribution in [0, 0.1) is 5.92 Å². The van der Waals surface area contributed by atoms with Crippen molar-refractivity contribution in [3.05, 3.63) is 60.4 Å². The third kappa shape index (κ3) is 4.90. The maximum atomic E-state index is 13.2. The van der Waals surface area contributed by atoms with Crippen molar-refractivity contribution < 1.29 is 9.59 Å². The molecule has 1 aliphatic rings. The minimum absolute atomic E-state index is 0.0596. The summed E-state index contributed by atoms with van der Waals surface area (Å²) in [5.41, 5.74) is 3.00. The van der Waals surface area contributed by atoms with E-state index in [1.165, 1.54) is 0 Å². The lowest BCUT2D eigenvalue weighted by atomic mass is 10.0. The van der Waals surface area contributed by atoms with Crippen LogP contribution in [-0.4, -0.2) is 45.8 Å². The molecule has 1 saturated heterocycles. The van der Waals surface area contributed by atoms with Gasteiger partial charge in [0.1, 0.15) is 0 Å². The normalized spacial score (nSPS) is 14.7. The van der Waals surface area contributed by atoms with Crippen molar-refractivity contribution in [3.8, 4) is 11.3 Å². The Bertz CT molecular complexity index is 1070. The molecule has 6 heteroatoms. The molecule has 1 N–H and O–H groups in total. The molecule has 0 bridgehead atoms. The van der Waals surface area contributed by atoms with E-state index in [1.807, 2.05) is 47.4 Å². The molecule has 3 aromatic rings. The number of carbonyl (C=O) groups is 2. The maximum Gasteiger partial charge on any atom is 0.252 e. The van der Waals surface area contributed by atoms with Gasteiger partial charge in [0.05, 0.1) is 16.8 Å². The summed E-state index contributed by atoms with van der Waals surface area (Å²) in [6.07, 6.45) is 5.60. The van der Waals surface area contributed by atoms with E-state index in [0.29, 0.717) is 31.0 Å². The number of hydrogen-bond acceptors (Lipinski definition) is 4. The monoisotopic (exact) mass is 416 g/mol. The summed E-state index contributed by atoms with van der Waals surface area (Å²) in [6.45, 7) is 5.50. The van der Waals surface area contributed by atoms with Crippen LogP contribution in [0.1, 0.15) is 43.5 Å². The molecule has 1 aromatic carbocycles. The number of pyridine rings is 2. The largest absolute Gasteiger partial charge is 0.349 e. The quantitative estimate of drug-likeness (QED) is 0.680. The average molecular weight is 417 g/mol. The van der Waals surface area contributed by atoms with Gasteiger partial charge in [0, 0.05) is 48.9 Å². The highest BCUT2D eigenvalue weighted by Crippen LogP contribution is 2.25. The van der Waals surface area contributed by atoms with Crippen molar-refractivity contribution in [1.29, 1.82) is 0 Å². The molecular weight excluding hydrogens is 388 g/mol. The first kappa shape index (κ1) is 21.0. The van der Waals surface area contributed by atoms with Gasteiger partial charge in [-0.05, 0) is 43.0 Å². The number of fused-ring (bicyclic) bond motifs is 1. The Hall–Kier alpha value is -3.28. The molecule has 3 heterocycles. The maximum absolute atomic E-state index is 13.2. The Morgan fingerprint density at radius 1 is 1.13 bits per heavy atom. The Morgan fingerprint density at radius 2 is 1.90 bits per heavy atom. The van der Waals surface area contributed by atoms with Crippen LogP contribution >= 0.6 is 0 Å². The van der Waals surface area contributed by atoms with Crippen molar-refractivity contribution in [3.63, 3.8) is 0 Å². The Kier molecular flexibility index (Phi) is 6.26. The fourth-order valence-corrected chi connectivity index (χ4v) is 4.04. The van der Waals surface area contributed by atoms with Gasteiger partial charge in [0.25, 0.3) is 5.91 Å². The Balaban J connectivity index is 1.51. The number of piperidine rings is 1. The summed E-state index contributed by atoms with van der Waals surface area (Å²) < 4.78 is 0. The van der Waals surface area contributed by atoms with Gasteiger partial charge in [0.2, 0.25) is 5.91 Å². The second kappa shape index (κ2) is 9.25. The van der Waals surface area contributed by atoms with Crippen LogP contribution in [0.15, 0.2) is 54.9 Å². The number of likely N-dealkylation sites (tertiary alicyclic amines) is 1. The lowest BCUT2D eigenvalue weighted by Gasteiger charge is -2.33. The number of aromatic nitrogens is 2. The fourth-order valence-electron chi connectivity index (χ4n) is 4.04. The van der Waals surface area contributed by atoms with Gasteiger partial charge in [-0.3, -0.25) is 14.6 Å². The topological polar surface area (TPSA) is 75.2 Å². The molecule has 31 heavy (non-hydrogen) atoms. The first-order valence-corrected chi connectivity index (χ1v) is 10.9. The first-order valence-electron chi connectivity index (χ1n) is 10.9. The molecule has 1 fully saturated rings. The van der Waals surface area contributed by atoms with E-state index >= 15 is 0 Å². The summed E-state index contributed by atoms with van der Waals surface area (Å²) in [6, 6.07) is 13.4. The molecule has 0 radical (unpaired) electrons.